The van der Waals surface area contributed by atoms with Crippen molar-refractivity contribution < 1.29 is 4.79 Å². The third-order valence-corrected chi connectivity index (χ3v) is 3.83. The highest BCUT2D eigenvalue weighted by molar-refractivity contribution is 5.82. The first-order chi connectivity index (χ1) is 8.74. The molecule has 1 saturated heterocycles. The molecule has 1 aromatic rings. The van der Waals surface area contributed by atoms with Gasteiger partial charge in [-0.15, -0.1) is 0 Å². The van der Waals surface area contributed by atoms with Gasteiger partial charge in [-0.3, -0.25) is 4.79 Å². The lowest BCUT2D eigenvalue weighted by Gasteiger charge is -2.43. The fourth-order valence-corrected chi connectivity index (χ4v) is 2.97. The summed E-state index contributed by atoms with van der Waals surface area (Å²) in [6.07, 6.45) is 6.37. The molecule has 1 aromatic heterocycles. The number of nitrogens with zero attached hydrogens (tertiary/aromatic N) is 3. The highest BCUT2D eigenvalue weighted by Gasteiger charge is 2.37. The van der Waals surface area contributed by atoms with Crippen molar-refractivity contribution in [2.75, 3.05) is 11.4 Å². The molecule has 1 saturated carbocycles. The lowest BCUT2D eigenvalue weighted by molar-refractivity contribution is -0.122. The van der Waals surface area contributed by atoms with Crippen LogP contribution in [0.2, 0.25) is 0 Å². The molecule has 96 valence electrons. The Morgan fingerprint density at radius 3 is 3.06 bits per heavy atom. The van der Waals surface area contributed by atoms with E-state index in [1.165, 1.54) is 12.8 Å². The summed E-state index contributed by atoms with van der Waals surface area (Å²) < 4.78 is 0. The second-order valence-electron chi connectivity index (χ2n) is 5.15. The van der Waals surface area contributed by atoms with Gasteiger partial charge >= 0.3 is 0 Å². The van der Waals surface area contributed by atoms with Crippen LogP contribution in [0.3, 0.4) is 0 Å². The first-order valence-corrected chi connectivity index (χ1v) is 6.60. The van der Waals surface area contributed by atoms with Gasteiger partial charge in [0.05, 0.1) is 6.04 Å². The summed E-state index contributed by atoms with van der Waals surface area (Å²) in [7, 11) is 0. The summed E-state index contributed by atoms with van der Waals surface area (Å²) in [6, 6.07) is 2.51. The van der Waals surface area contributed by atoms with Gasteiger partial charge in [-0.25, -0.2) is 9.97 Å². The monoisotopic (exact) mass is 246 g/mol. The molecule has 1 amide bonds. The molecule has 2 atom stereocenters. The van der Waals surface area contributed by atoms with Crippen LogP contribution in [0.5, 0.6) is 0 Å². The molecule has 0 bridgehead atoms. The molecule has 1 aliphatic carbocycles. The topological polar surface area (TPSA) is 58.1 Å². The lowest BCUT2D eigenvalue weighted by Crippen LogP contribution is -2.62. The Balaban J connectivity index is 1.90. The largest absolute Gasteiger partial charge is 0.350 e. The molecular formula is C13H18N4O. The second kappa shape index (κ2) is 4.55. The van der Waals surface area contributed by atoms with E-state index < -0.39 is 0 Å². The average Bonchev–Trinajstić information content (AvgIpc) is 2.37. The number of aromatic nitrogens is 2. The fraction of sp³-hybridized carbons (Fsp3) is 0.615. The van der Waals surface area contributed by atoms with Crippen molar-refractivity contribution in [2.24, 2.45) is 0 Å². The number of hydrogen-bond acceptors (Lipinski definition) is 4. The summed E-state index contributed by atoms with van der Waals surface area (Å²) in [4.78, 5) is 22.6. The third kappa shape index (κ3) is 2.05. The maximum atomic E-state index is 11.8. The molecule has 2 fully saturated rings. The maximum Gasteiger partial charge on any atom is 0.239 e. The van der Waals surface area contributed by atoms with Crippen LogP contribution < -0.4 is 10.2 Å². The van der Waals surface area contributed by atoms with Crippen molar-refractivity contribution in [1.82, 2.24) is 15.3 Å². The normalized spacial score (nSPS) is 27.6. The van der Waals surface area contributed by atoms with Crippen LogP contribution in [-0.4, -0.2) is 34.5 Å². The van der Waals surface area contributed by atoms with Crippen LogP contribution in [0.15, 0.2) is 12.3 Å². The van der Waals surface area contributed by atoms with Crippen molar-refractivity contribution in [3.8, 4) is 0 Å². The van der Waals surface area contributed by atoms with E-state index in [2.05, 4.69) is 20.2 Å². The van der Waals surface area contributed by atoms with E-state index in [1.807, 2.05) is 13.0 Å². The van der Waals surface area contributed by atoms with Crippen LogP contribution in [-0.2, 0) is 4.79 Å². The summed E-state index contributed by atoms with van der Waals surface area (Å²) in [5.74, 6) is 0.782. The number of piperazine rings is 1. The molecule has 0 spiro atoms. The molecular weight excluding hydrogens is 228 g/mol. The number of anilines is 1. The first-order valence-electron chi connectivity index (χ1n) is 6.60. The fourth-order valence-electron chi connectivity index (χ4n) is 2.97. The predicted molar refractivity (Wildman–Crippen MR) is 68.3 cm³/mol. The third-order valence-electron chi connectivity index (χ3n) is 3.83. The van der Waals surface area contributed by atoms with Crippen molar-refractivity contribution in [1.29, 1.82) is 0 Å². The number of fused-ring (bicyclic) bond motifs is 1. The van der Waals surface area contributed by atoms with Gasteiger partial charge < -0.3 is 10.2 Å². The quantitative estimate of drug-likeness (QED) is 0.804. The van der Waals surface area contributed by atoms with Crippen molar-refractivity contribution in [3.05, 3.63) is 18.0 Å². The van der Waals surface area contributed by atoms with E-state index in [9.17, 15) is 4.79 Å². The highest BCUT2D eigenvalue weighted by atomic mass is 16.2. The lowest BCUT2D eigenvalue weighted by atomic mass is 9.87. The number of rotatable bonds is 1. The van der Waals surface area contributed by atoms with Gasteiger partial charge in [0.2, 0.25) is 11.9 Å². The van der Waals surface area contributed by atoms with Gasteiger partial charge in [0.25, 0.3) is 0 Å². The van der Waals surface area contributed by atoms with E-state index in [0.29, 0.717) is 18.5 Å². The maximum absolute atomic E-state index is 11.8. The zero-order valence-corrected chi connectivity index (χ0v) is 10.6. The molecule has 5 heteroatoms. The molecule has 2 aliphatic rings. The number of nitrogens with one attached hydrogen (secondary N) is 1. The summed E-state index contributed by atoms with van der Waals surface area (Å²) >= 11 is 0. The zero-order valence-electron chi connectivity index (χ0n) is 10.6. The molecule has 0 unspecified atom stereocenters. The number of amides is 1. The molecule has 0 aromatic carbocycles. The Morgan fingerprint density at radius 1 is 1.39 bits per heavy atom. The second-order valence-corrected chi connectivity index (χ2v) is 5.15. The summed E-state index contributed by atoms with van der Waals surface area (Å²) in [5.41, 5.74) is 0.943. The minimum absolute atomic E-state index is 0.0863. The predicted octanol–water partition coefficient (Wildman–Crippen LogP) is 1.03. The first kappa shape index (κ1) is 11.4. The van der Waals surface area contributed by atoms with E-state index in [-0.39, 0.29) is 11.9 Å². The number of aryl methyl sites for hydroxylation is 1. The standard InChI is InChI=1S/C13H18N4O/c1-9-6-7-14-13(15-9)17-8-12(18)16-10-4-2-3-5-11(10)17/h6-7,10-11H,2-5,8H2,1H3,(H,16,18)/t10-,11+/m0/s1. The number of hydrogen-bond donors (Lipinski definition) is 1. The highest BCUT2D eigenvalue weighted by Crippen LogP contribution is 2.28. The Hall–Kier alpha value is -1.65. The summed E-state index contributed by atoms with van der Waals surface area (Å²) in [6.45, 7) is 2.33. The van der Waals surface area contributed by atoms with Gasteiger partial charge in [-0.1, -0.05) is 12.8 Å². The van der Waals surface area contributed by atoms with Crippen LogP contribution in [0.1, 0.15) is 31.4 Å². The Labute approximate surface area is 107 Å². The Morgan fingerprint density at radius 2 is 2.22 bits per heavy atom. The molecule has 1 aliphatic heterocycles. The SMILES string of the molecule is Cc1ccnc(N2CC(=O)N[C@H]3CCCC[C@H]32)n1. The minimum Gasteiger partial charge on any atom is -0.350 e. The molecule has 5 nitrogen and oxygen atoms in total. The Kier molecular flexibility index (Phi) is 2.89. The molecule has 2 heterocycles. The van der Waals surface area contributed by atoms with E-state index in [0.717, 1.165) is 18.5 Å². The molecule has 3 rings (SSSR count). The van der Waals surface area contributed by atoms with Crippen LogP contribution in [0.25, 0.3) is 0 Å². The van der Waals surface area contributed by atoms with Crippen LogP contribution in [0, 0.1) is 6.92 Å². The van der Waals surface area contributed by atoms with Crippen molar-refractivity contribution >= 4 is 11.9 Å². The van der Waals surface area contributed by atoms with Crippen molar-refractivity contribution in [2.45, 2.75) is 44.7 Å². The van der Waals surface area contributed by atoms with Gasteiger partial charge in [-0.2, -0.15) is 0 Å². The van der Waals surface area contributed by atoms with Gasteiger partial charge in [0.1, 0.15) is 6.54 Å². The Bertz CT molecular complexity index is 462. The van der Waals surface area contributed by atoms with E-state index in [1.54, 1.807) is 6.20 Å². The number of carbonyl (C=O) groups is 1. The van der Waals surface area contributed by atoms with Crippen molar-refractivity contribution in [3.63, 3.8) is 0 Å². The number of carbonyl (C=O) groups excluding carboxylic acids is 1. The van der Waals surface area contributed by atoms with Gasteiger partial charge in [-0.05, 0) is 25.8 Å². The smallest absolute Gasteiger partial charge is 0.239 e. The van der Waals surface area contributed by atoms with Gasteiger partial charge in [0.15, 0.2) is 0 Å². The van der Waals surface area contributed by atoms with E-state index >= 15 is 0 Å². The molecule has 1 N–H and O–H groups in total. The van der Waals surface area contributed by atoms with Crippen LogP contribution in [0.4, 0.5) is 5.95 Å². The molecule has 0 radical (unpaired) electrons. The van der Waals surface area contributed by atoms with E-state index in [4.69, 9.17) is 0 Å². The average molecular weight is 246 g/mol. The zero-order chi connectivity index (χ0) is 12.5. The minimum atomic E-state index is 0.0863. The van der Waals surface area contributed by atoms with Gasteiger partial charge in [0, 0.05) is 17.9 Å². The van der Waals surface area contributed by atoms with Crippen LogP contribution >= 0.6 is 0 Å². The molecule has 18 heavy (non-hydrogen) atoms. The summed E-state index contributed by atoms with van der Waals surface area (Å²) in [5, 5.41) is 3.10.